The Morgan fingerprint density at radius 1 is 1.20 bits per heavy atom. The molecule has 0 unspecified atom stereocenters. The number of rotatable bonds is 3. The quantitative estimate of drug-likeness (QED) is 0.923. The minimum absolute atomic E-state index is 0.0999. The molecule has 1 fully saturated rings. The van der Waals surface area contributed by atoms with Crippen LogP contribution in [-0.4, -0.2) is 35.0 Å². The molecule has 2 rings (SSSR count). The Hall–Kier alpha value is -1.78. The van der Waals surface area contributed by atoms with E-state index >= 15 is 0 Å². The third-order valence-electron chi connectivity index (χ3n) is 3.71. The van der Waals surface area contributed by atoms with E-state index in [1.807, 2.05) is 6.92 Å². The number of hydrogen-bond donors (Lipinski definition) is 1. The number of carbonyl (C=O) groups excluding carboxylic acids is 1. The van der Waals surface area contributed by atoms with Crippen LogP contribution in [0, 0.1) is 0 Å². The largest absolute Gasteiger partial charge is 0.478 e. The average molecular weight is 279 g/mol. The molecule has 1 aromatic heterocycles. The minimum atomic E-state index is -1.04. The lowest BCUT2D eigenvalue weighted by Crippen LogP contribution is -2.33. The summed E-state index contributed by atoms with van der Waals surface area (Å²) in [6, 6.07) is 1.36. The highest BCUT2D eigenvalue weighted by atomic mass is 16.4. The Morgan fingerprint density at radius 2 is 1.80 bits per heavy atom. The molecule has 5 heteroatoms. The van der Waals surface area contributed by atoms with Crippen LogP contribution in [0.5, 0.6) is 0 Å². The molecule has 1 amide bonds. The van der Waals surface area contributed by atoms with Gasteiger partial charge in [0.2, 0.25) is 0 Å². The van der Waals surface area contributed by atoms with Crippen LogP contribution < -0.4 is 0 Å². The van der Waals surface area contributed by atoms with Crippen molar-refractivity contribution in [3.05, 3.63) is 23.2 Å². The number of carboxylic acids is 1. The van der Waals surface area contributed by atoms with Crippen LogP contribution in [0.2, 0.25) is 0 Å². The van der Waals surface area contributed by atoms with E-state index < -0.39 is 5.97 Å². The first kappa shape index (κ1) is 14.6. The van der Waals surface area contributed by atoms with Gasteiger partial charge >= 0.3 is 5.97 Å². The van der Waals surface area contributed by atoms with Gasteiger partial charge in [0, 0.05) is 25.6 Å². The number of likely N-dealkylation sites (tertiary alicyclic amines) is 1. The topological polar surface area (TPSA) is 70.8 Å². The number of aryl methyl sites for hydroxylation is 1. The first-order valence-electron chi connectivity index (χ1n) is 7.28. The predicted octanol–water partition coefficient (Wildman–Crippen LogP) is 2.95. The summed E-state index contributed by atoms with van der Waals surface area (Å²) in [6.45, 7) is 3.27. The maximum atomic E-state index is 12.4. The normalized spacial score (nSPS) is 16.6. The smallest absolute Gasteiger partial charge is 0.339 e. The molecule has 0 saturated carbocycles. The van der Waals surface area contributed by atoms with Crippen molar-refractivity contribution in [3.8, 4) is 0 Å². The van der Waals surface area contributed by atoms with Gasteiger partial charge in [-0.25, -0.2) is 4.79 Å². The van der Waals surface area contributed by atoms with E-state index in [1.165, 1.54) is 12.5 Å². The van der Waals surface area contributed by atoms with Crippen molar-refractivity contribution in [1.82, 2.24) is 4.90 Å². The number of furan rings is 1. The molecule has 1 N–H and O–H groups in total. The number of nitrogens with zero attached hydrogens (tertiary/aromatic N) is 1. The predicted molar refractivity (Wildman–Crippen MR) is 74.0 cm³/mol. The van der Waals surface area contributed by atoms with Crippen LogP contribution in [0.1, 0.15) is 65.7 Å². The van der Waals surface area contributed by atoms with E-state index in [9.17, 15) is 9.59 Å². The van der Waals surface area contributed by atoms with Gasteiger partial charge in [-0.05, 0) is 12.8 Å². The van der Waals surface area contributed by atoms with Gasteiger partial charge in [-0.1, -0.05) is 26.2 Å². The van der Waals surface area contributed by atoms with Crippen molar-refractivity contribution in [1.29, 1.82) is 0 Å². The lowest BCUT2D eigenvalue weighted by Gasteiger charge is -2.23. The van der Waals surface area contributed by atoms with Crippen molar-refractivity contribution in [2.45, 2.75) is 45.4 Å². The number of aromatic carboxylic acids is 1. The van der Waals surface area contributed by atoms with Crippen LogP contribution in [-0.2, 0) is 6.42 Å². The molecular weight excluding hydrogens is 258 g/mol. The van der Waals surface area contributed by atoms with Gasteiger partial charge in [-0.2, -0.15) is 0 Å². The van der Waals surface area contributed by atoms with E-state index in [0.717, 1.165) is 38.8 Å². The molecule has 110 valence electrons. The van der Waals surface area contributed by atoms with Gasteiger partial charge in [-0.3, -0.25) is 4.79 Å². The van der Waals surface area contributed by atoms with Crippen LogP contribution in [0.4, 0.5) is 0 Å². The van der Waals surface area contributed by atoms with Crippen LogP contribution >= 0.6 is 0 Å². The molecule has 0 atom stereocenters. The fourth-order valence-electron chi connectivity index (χ4n) is 2.58. The van der Waals surface area contributed by atoms with E-state index in [4.69, 9.17) is 9.52 Å². The minimum Gasteiger partial charge on any atom is -0.478 e. The van der Waals surface area contributed by atoms with E-state index in [-0.39, 0.29) is 17.2 Å². The first-order valence-corrected chi connectivity index (χ1v) is 7.28. The molecule has 20 heavy (non-hydrogen) atoms. The molecule has 1 aliphatic rings. The van der Waals surface area contributed by atoms with Crippen molar-refractivity contribution in [2.75, 3.05) is 13.1 Å². The molecule has 0 bridgehead atoms. The molecule has 1 aromatic rings. The van der Waals surface area contributed by atoms with Crippen LogP contribution in [0.25, 0.3) is 0 Å². The van der Waals surface area contributed by atoms with Crippen LogP contribution in [0.3, 0.4) is 0 Å². The average Bonchev–Trinajstić information content (AvgIpc) is 2.82. The highest BCUT2D eigenvalue weighted by Crippen LogP contribution is 2.20. The molecule has 0 aromatic carbocycles. The highest BCUT2D eigenvalue weighted by Gasteiger charge is 2.24. The van der Waals surface area contributed by atoms with Gasteiger partial charge in [0.1, 0.15) is 11.3 Å². The molecule has 1 saturated heterocycles. The Morgan fingerprint density at radius 3 is 2.30 bits per heavy atom. The zero-order valence-electron chi connectivity index (χ0n) is 11.9. The summed E-state index contributed by atoms with van der Waals surface area (Å²) in [5, 5.41) is 9.10. The summed E-state index contributed by atoms with van der Waals surface area (Å²) in [4.78, 5) is 25.3. The number of hydrogen-bond acceptors (Lipinski definition) is 3. The Kier molecular flexibility index (Phi) is 4.82. The maximum absolute atomic E-state index is 12.4. The summed E-state index contributed by atoms with van der Waals surface area (Å²) in [5.41, 5.74) is 0.0999. The van der Waals surface area contributed by atoms with Crippen LogP contribution in [0.15, 0.2) is 10.5 Å². The van der Waals surface area contributed by atoms with E-state index in [1.54, 1.807) is 4.90 Å². The molecule has 2 heterocycles. The molecule has 5 nitrogen and oxygen atoms in total. The Balaban J connectivity index is 2.17. The summed E-state index contributed by atoms with van der Waals surface area (Å²) in [7, 11) is 0. The SMILES string of the molecule is CCc1oc(C(=O)N2CCCCCCC2)cc1C(=O)O. The lowest BCUT2D eigenvalue weighted by molar-refractivity contribution is 0.0689. The highest BCUT2D eigenvalue weighted by molar-refractivity contribution is 5.96. The van der Waals surface area contributed by atoms with Crippen molar-refractivity contribution in [2.24, 2.45) is 0 Å². The molecule has 1 aliphatic heterocycles. The number of amides is 1. The molecule has 0 radical (unpaired) electrons. The molecule has 0 aliphatic carbocycles. The fourth-order valence-corrected chi connectivity index (χ4v) is 2.58. The van der Waals surface area contributed by atoms with Gasteiger partial charge in [0.15, 0.2) is 5.76 Å². The standard InChI is InChI=1S/C15H21NO4/c1-2-12-11(15(18)19)10-13(20-12)14(17)16-8-6-4-3-5-7-9-16/h10H,2-9H2,1H3,(H,18,19). The van der Waals surface area contributed by atoms with E-state index in [2.05, 4.69) is 0 Å². The zero-order valence-corrected chi connectivity index (χ0v) is 11.9. The van der Waals surface area contributed by atoms with Crippen molar-refractivity contribution in [3.63, 3.8) is 0 Å². The first-order chi connectivity index (χ1) is 9.63. The number of carbonyl (C=O) groups is 2. The van der Waals surface area contributed by atoms with E-state index in [0.29, 0.717) is 12.2 Å². The Labute approximate surface area is 118 Å². The second kappa shape index (κ2) is 6.59. The van der Waals surface area contributed by atoms with Gasteiger partial charge in [0.05, 0.1) is 0 Å². The fraction of sp³-hybridized carbons (Fsp3) is 0.600. The third kappa shape index (κ3) is 3.21. The van der Waals surface area contributed by atoms with Crippen molar-refractivity contribution >= 4 is 11.9 Å². The van der Waals surface area contributed by atoms with Gasteiger partial charge in [-0.15, -0.1) is 0 Å². The van der Waals surface area contributed by atoms with Gasteiger partial charge < -0.3 is 14.4 Å². The molecule has 0 spiro atoms. The second-order valence-corrected chi connectivity index (χ2v) is 5.17. The summed E-state index contributed by atoms with van der Waals surface area (Å²) in [6.07, 6.45) is 5.98. The monoisotopic (exact) mass is 279 g/mol. The number of carboxylic acid groups (broad SMARTS) is 1. The van der Waals surface area contributed by atoms with Crippen molar-refractivity contribution < 1.29 is 19.1 Å². The summed E-state index contributed by atoms with van der Waals surface area (Å²) in [5.74, 6) is -0.709. The zero-order chi connectivity index (χ0) is 14.5. The Bertz CT molecular complexity index is 484. The summed E-state index contributed by atoms with van der Waals surface area (Å²) >= 11 is 0. The second-order valence-electron chi connectivity index (χ2n) is 5.17. The third-order valence-corrected chi connectivity index (χ3v) is 3.71. The maximum Gasteiger partial charge on any atom is 0.339 e. The summed E-state index contributed by atoms with van der Waals surface area (Å²) < 4.78 is 5.44. The van der Waals surface area contributed by atoms with Gasteiger partial charge in [0.25, 0.3) is 5.91 Å². The molecular formula is C15H21NO4. The lowest BCUT2D eigenvalue weighted by atomic mass is 10.1.